The summed E-state index contributed by atoms with van der Waals surface area (Å²) in [6, 6.07) is 13.2. The lowest BCUT2D eigenvalue weighted by atomic mass is 10.3. The van der Waals surface area contributed by atoms with Crippen molar-refractivity contribution in [3.63, 3.8) is 0 Å². The SMILES string of the molecule is NCOc1ccc(S(=O)c2ccc(O)cc2)cc1. The highest BCUT2D eigenvalue weighted by Crippen LogP contribution is 2.21. The molecule has 5 heteroatoms. The third-order valence-corrected chi connectivity index (χ3v) is 3.74. The maximum atomic E-state index is 12.2. The van der Waals surface area contributed by atoms with E-state index < -0.39 is 10.8 Å². The van der Waals surface area contributed by atoms with Crippen LogP contribution in [0.4, 0.5) is 0 Å². The molecule has 2 aromatic rings. The van der Waals surface area contributed by atoms with Gasteiger partial charge in [0.2, 0.25) is 0 Å². The Hall–Kier alpha value is -1.85. The number of hydrogen-bond acceptors (Lipinski definition) is 4. The molecule has 0 saturated heterocycles. The molecular weight excluding hydrogens is 250 g/mol. The zero-order valence-corrected chi connectivity index (χ0v) is 10.4. The van der Waals surface area contributed by atoms with Gasteiger partial charge < -0.3 is 9.84 Å². The minimum atomic E-state index is -1.27. The Bertz CT molecular complexity index is 537. The van der Waals surface area contributed by atoms with Crippen molar-refractivity contribution in [3.05, 3.63) is 48.5 Å². The van der Waals surface area contributed by atoms with Gasteiger partial charge in [-0.2, -0.15) is 0 Å². The van der Waals surface area contributed by atoms with Gasteiger partial charge in [-0.1, -0.05) is 0 Å². The number of phenolic OH excluding ortho intramolecular Hbond substituents is 1. The van der Waals surface area contributed by atoms with Gasteiger partial charge in [0.1, 0.15) is 18.2 Å². The van der Waals surface area contributed by atoms with Crippen molar-refractivity contribution in [2.24, 2.45) is 5.73 Å². The van der Waals surface area contributed by atoms with Crippen LogP contribution >= 0.6 is 0 Å². The Morgan fingerprint density at radius 1 is 1.00 bits per heavy atom. The molecule has 0 spiro atoms. The highest BCUT2D eigenvalue weighted by atomic mass is 32.2. The van der Waals surface area contributed by atoms with Crippen molar-refractivity contribution in [2.45, 2.75) is 9.79 Å². The number of phenols is 1. The minimum absolute atomic E-state index is 0.112. The molecule has 94 valence electrons. The summed E-state index contributed by atoms with van der Waals surface area (Å²) in [5.41, 5.74) is 5.26. The topological polar surface area (TPSA) is 72.5 Å². The first kappa shape index (κ1) is 12.6. The molecule has 18 heavy (non-hydrogen) atoms. The summed E-state index contributed by atoms with van der Waals surface area (Å²) >= 11 is 0. The van der Waals surface area contributed by atoms with Gasteiger partial charge in [0.25, 0.3) is 0 Å². The van der Waals surface area contributed by atoms with E-state index in [0.717, 1.165) is 0 Å². The van der Waals surface area contributed by atoms with Crippen LogP contribution in [-0.4, -0.2) is 16.0 Å². The summed E-state index contributed by atoms with van der Waals surface area (Å²) in [4.78, 5) is 1.31. The van der Waals surface area contributed by atoms with E-state index in [1.807, 2.05) is 0 Å². The van der Waals surface area contributed by atoms with Crippen molar-refractivity contribution in [3.8, 4) is 11.5 Å². The summed E-state index contributed by atoms with van der Waals surface area (Å²) in [7, 11) is -1.27. The van der Waals surface area contributed by atoms with E-state index in [1.165, 1.54) is 12.1 Å². The van der Waals surface area contributed by atoms with Crippen LogP contribution in [0, 0.1) is 0 Å². The molecule has 0 fully saturated rings. The smallest absolute Gasteiger partial charge is 0.137 e. The van der Waals surface area contributed by atoms with E-state index in [0.29, 0.717) is 15.5 Å². The van der Waals surface area contributed by atoms with Crippen LogP contribution in [-0.2, 0) is 10.8 Å². The lowest BCUT2D eigenvalue weighted by molar-refractivity contribution is 0.329. The number of ether oxygens (including phenoxy) is 1. The zero-order valence-electron chi connectivity index (χ0n) is 9.58. The molecule has 0 aliphatic rings. The molecule has 3 N–H and O–H groups in total. The van der Waals surface area contributed by atoms with Crippen LogP contribution in [0.2, 0.25) is 0 Å². The predicted molar refractivity (Wildman–Crippen MR) is 68.9 cm³/mol. The van der Waals surface area contributed by atoms with Gasteiger partial charge in [-0.3, -0.25) is 5.73 Å². The Balaban J connectivity index is 2.20. The average Bonchev–Trinajstić information content (AvgIpc) is 2.40. The molecule has 0 heterocycles. The van der Waals surface area contributed by atoms with E-state index in [9.17, 15) is 9.32 Å². The summed E-state index contributed by atoms with van der Waals surface area (Å²) < 4.78 is 17.3. The molecule has 0 saturated carbocycles. The monoisotopic (exact) mass is 263 g/mol. The first-order chi connectivity index (χ1) is 8.70. The summed E-state index contributed by atoms with van der Waals surface area (Å²) in [6.45, 7) is 0.112. The third kappa shape index (κ3) is 2.88. The Kier molecular flexibility index (Phi) is 3.96. The molecule has 0 radical (unpaired) electrons. The van der Waals surface area contributed by atoms with Gasteiger partial charge >= 0.3 is 0 Å². The van der Waals surface area contributed by atoms with Crippen molar-refractivity contribution < 1.29 is 14.1 Å². The normalized spacial score (nSPS) is 12.1. The summed E-state index contributed by atoms with van der Waals surface area (Å²) in [5.74, 6) is 0.798. The van der Waals surface area contributed by atoms with Crippen LogP contribution < -0.4 is 10.5 Å². The highest BCUT2D eigenvalue weighted by molar-refractivity contribution is 7.85. The quantitative estimate of drug-likeness (QED) is 0.826. The second-order valence-corrected chi connectivity index (χ2v) is 5.03. The number of hydrogen-bond donors (Lipinski definition) is 2. The summed E-state index contributed by atoms with van der Waals surface area (Å²) in [6.07, 6.45) is 0. The zero-order chi connectivity index (χ0) is 13.0. The second kappa shape index (κ2) is 5.66. The molecule has 4 nitrogen and oxygen atoms in total. The average molecular weight is 263 g/mol. The van der Waals surface area contributed by atoms with Crippen LogP contribution in [0.25, 0.3) is 0 Å². The number of benzene rings is 2. The fraction of sp³-hybridized carbons (Fsp3) is 0.0769. The predicted octanol–water partition coefficient (Wildman–Crippen LogP) is 1.85. The van der Waals surface area contributed by atoms with Crippen molar-refractivity contribution in [1.29, 1.82) is 0 Å². The molecule has 0 bridgehead atoms. The molecular formula is C13H13NO3S. The van der Waals surface area contributed by atoms with Gasteiger partial charge in [0.05, 0.1) is 10.8 Å². The maximum absolute atomic E-state index is 12.2. The number of rotatable bonds is 4. The fourth-order valence-electron chi connectivity index (χ4n) is 1.46. The van der Waals surface area contributed by atoms with E-state index in [1.54, 1.807) is 36.4 Å². The van der Waals surface area contributed by atoms with Gasteiger partial charge in [-0.15, -0.1) is 0 Å². The first-order valence-electron chi connectivity index (χ1n) is 5.34. The summed E-state index contributed by atoms with van der Waals surface area (Å²) in [5, 5.41) is 9.18. The molecule has 2 aromatic carbocycles. The third-order valence-electron chi connectivity index (χ3n) is 2.34. The molecule has 0 aliphatic carbocycles. The van der Waals surface area contributed by atoms with E-state index in [2.05, 4.69) is 0 Å². The standard InChI is InChI=1S/C13H13NO3S/c14-9-17-11-3-7-13(8-4-11)18(16)12-5-1-10(15)2-6-12/h1-8,15H,9,14H2. The Morgan fingerprint density at radius 3 is 2.00 bits per heavy atom. The van der Waals surface area contributed by atoms with E-state index >= 15 is 0 Å². The van der Waals surface area contributed by atoms with Gasteiger partial charge in [0.15, 0.2) is 0 Å². The lowest BCUT2D eigenvalue weighted by Crippen LogP contribution is -2.07. The largest absolute Gasteiger partial charge is 0.508 e. The molecule has 0 aromatic heterocycles. The molecule has 1 atom stereocenters. The van der Waals surface area contributed by atoms with Gasteiger partial charge in [-0.05, 0) is 48.5 Å². The highest BCUT2D eigenvalue weighted by Gasteiger charge is 2.07. The molecule has 0 aliphatic heterocycles. The Labute approximate surface area is 107 Å². The first-order valence-corrected chi connectivity index (χ1v) is 6.49. The van der Waals surface area contributed by atoms with E-state index in [-0.39, 0.29) is 12.5 Å². The van der Waals surface area contributed by atoms with Crippen molar-refractivity contribution in [2.75, 3.05) is 6.73 Å². The number of nitrogens with two attached hydrogens (primary N) is 1. The minimum Gasteiger partial charge on any atom is -0.508 e. The maximum Gasteiger partial charge on any atom is 0.137 e. The Morgan fingerprint density at radius 2 is 1.50 bits per heavy atom. The van der Waals surface area contributed by atoms with Crippen LogP contribution in [0.3, 0.4) is 0 Å². The van der Waals surface area contributed by atoms with Crippen LogP contribution in [0.1, 0.15) is 0 Å². The lowest BCUT2D eigenvalue weighted by Gasteiger charge is -2.05. The molecule has 2 rings (SSSR count). The van der Waals surface area contributed by atoms with Crippen LogP contribution in [0.5, 0.6) is 11.5 Å². The number of aromatic hydroxyl groups is 1. The van der Waals surface area contributed by atoms with Gasteiger partial charge in [-0.25, -0.2) is 4.21 Å². The molecule has 1 unspecified atom stereocenters. The second-order valence-electron chi connectivity index (χ2n) is 3.55. The molecule has 0 amide bonds. The van der Waals surface area contributed by atoms with Crippen molar-refractivity contribution in [1.82, 2.24) is 0 Å². The van der Waals surface area contributed by atoms with E-state index in [4.69, 9.17) is 10.5 Å². The van der Waals surface area contributed by atoms with Crippen molar-refractivity contribution >= 4 is 10.8 Å². The van der Waals surface area contributed by atoms with Crippen LogP contribution in [0.15, 0.2) is 58.3 Å². The fourth-order valence-corrected chi connectivity index (χ4v) is 2.50. The van der Waals surface area contributed by atoms with Gasteiger partial charge in [0, 0.05) is 9.79 Å².